The first-order valence-corrected chi connectivity index (χ1v) is 14.5. The molecule has 6 nitrogen and oxygen atoms in total. The average Bonchev–Trinajstić information content (AvgIpc) is 3.68. The highest BCUT2D eigenvalue weighted by Gasteiger charge is 2.23. The zero-order chi connectivity index (χ0) is 26.6. The summed E-state index contributed by atoms with van der Waals surface area (Å²) in [7, 11) is 0. The maximum atomic E-state index is 12.9. The summed E-state index contributed by atoms with van der Waals surface area (Å²) in [6.45, 7) is 9.41. The minimum absolute atomic E-state index is 0.128. The molecule has 1 fully saturated rings. The number of hydrogen-bond donors (Lipinski definition) is 1. The van der Waals surface area contributed by atoms with E-state index in [0.29, 0.717) is 28.4 Å². The minimum atomic E-state index is -0.139. The fourth-order valence-electron chi connectivity index (χ4n) is 4.86. The van der Waals surface area contributed by atoms with E-state index in [9.17, 15) is 9.59 Å². The summed E-state index contributed by atoms with van der Waals surface area (Å²) in [5, 5.41) is 3.80. The van der Waals surface area contributed by atoms with Gasteiger partial charge in [-0.05, 0) is 73.4 Å². The molecule has 0 saturated heterocycles. The van der Waals surface area contributed by atoms with Gasteiger partial charge >= 0.3 is 0 Å². The molecule has 7 heteroatoms. The Morgan fingerprint density at radius 1 is 1.16 bits per heavy atom. The van der Waals surface area contributed by atoms with Gasteiger partial charge in [0, 0.05) is 26.1 Å². The molecule has 0 unspecified atom stereocenters. The van der Waals surface area contributed by atoms with Gasteiger partial charge in [0.1, 0.15) is 21.4 Å². The van der Waals surface area contributed by atoms with Crippen molar-refractivity contribution in [2.45, 2.75) is 72.0 Å². The first kappa shape index (κ1) is 26.6. The fourth-order valence-corrected chi connectivity index (χ4v) is 5.86. The summed E-state index contributed by atoms with van der Waals surface area (Å²) in [6.07, 6.45) is 4.44. The highest BCUT2D eigenvalue weighted by Crippen LogP contribution is 2.31. The molecule has 38 heavy (non-hydrogen) atoms. The van der Waals surface area contributed by atoms with Gasteiger partial charge in [0.25, 0.3) is 5.91 Å². The Bertz CT molecular complexity index is 1300. The van der Waals surface area contributed by atoms with E-state index in [2.05, 4.69) is 57.7 Å². The van der Waals surface area contributed by atoms with Crippen LogP contribution in [0.4, 0.5) is 0 Å². The zero-order valence-corrected chi connectivity index (χ0v) is 23.4. The van der Waals surface area contributed by atoms with Crippen molar-refractivity contribution in [2.24, 2.45) is 5.92 Å². The highest BCUT2D eigenvalue weighted by atomic mass is 32.1. The van der Waals surface area contributed by atoms with E-state index in [1.54, 1.807) is 0 Å². The van der Waals surface area contributed by atoms with Crippen molar-refractivity contribution in [3.8, 4) is 5.75 Å². The number of carbonyl (C=O) groups is 2. The van der Waals surface area contributed by atoms with E-state index in [1.807, 2.05) is 20.8 Å². The third-order valence-electron chi connectivity index (χ3n) is 7.48. The molecule has 1 amide bonds. The minimum Gasteiger partial charge on any atom is -0.493 e. The summed E-state index contributed by atoms with van der Waals surface area (Å²) in [6, 6.07) is 15.0. The van der Waals surface area contributed by atoms with Crippen molar-refractivity contribution in [1.29, 1.82) is 0 Å². The van der Waals surface area contributed by atoms with Gasteiger partial charge in [-0.25, -0.2) is 4.98 Å². The van der Waals surface area contributed by atoms with Gasteiger partial charge in [0.15, 0.2) is 0 Å². The molecule has 2 aliphatic rings. The molecule has 5 rings (SSSR count). The summed E-state index contributed by atoms with van der Waals surface area (Å²) >= 11 is 1.32. The molecule has 1 aliphatic carbocycles. The van der Waals surface area contributed by atoms with Crippen molar-refractivity contribution in [3.63, 3.8) is 0 Å². The van der Waals surface area contributed by atoms with Crippen molar-refractivity contribution < 1.29 is 14.3 Å². The van der Waals surface area contributed by atoms with E-state index in [1.165, 1.54) is 40.9 Å². The first-order valence-electron chi connectivity index (χ1n) is 13.7. The molecule has 0 radical (unpaired) electrons. The predicted octanol–water partition coefficient (Wildman–Crippen LogP) is 5.81. The second-order valence-electron chi connectivity index (χ2n) is 10.7. The predicted molar refractivity (Wildman–Crippen MR) is 151 cm³/mol. The smallest absolute Gasteiger partial charge is 0.263 e. The van der Waals surface area contributed by atoms with Crippen LogP contribution in [0.1, 0.15) is 81.8 Å². The Balaban J connectivity index is 1.14. The van der Waals surface area contributed by atoms with Crippen LogP contribution in [0.2, 0.25) is 0 Å². The van der Waals surface area contributed by atoms with Gasteiger partial charge in [0.2, 0.25) is 0 Å². The largest absolute Gasteiger partial charge is 0.493 e. The van der Waals surface area contributed by atoms with Crippen LogP contribution in [0.25, 0.3) is 0 Å². The van der Waals surface area contributed by atoms with Gasteiger partial charge in [-0.15, -0.1) is 11.3 Å². The average molecular weight is 532 g/mol. The molecular formula is C31H37N3O3S. The quantitative estimate of drug-likeness (QED) is 0.338. The Labute approximate surface area is 229 Å². The lowest BCUT2D eigenvalue weighted by Crippen LogP contribution is -2.30. The van der Waals surface area contributed by atoms with Crippen LogP contribution >= 0.6 is 11.3 Å². The molecule has 1 aliphatic heterocycles. The van der Waals surface area contributed by atoms with Crippen molar-refractivity contribution in [2.75, 3.05) is 13.2 Å². The Hall–Kier alpha value is -3.03. The van der Waals surface area contributed by atoms with Crippen molar-refractivity contribution in [3.05, 3.63) is 80.3 Å². The molecule has 3 aromatic rings. The van der Waals surface area contributed by atoms with Gasteiger partial charge in [0.05, 0.1) is 24.8 Å². The first-order chi connectivity index (χ1) is 18.4. The Morgan fingerprint density at radius 2 is 1.95 bits per heavy atom. The molecule has 1 N–H and O–H groups in total. The normalized spacial score (nSPS) is 16.1. The lowest BCUT2D eigenvalue weighted by Gasteiger charge is -2.29. The van der Waals surface area contributed by atoms with Crippen LogP contribution in [0.5, 0.6) is 5.75 Å². The third kappa shape index (κ3) is 6.69. The molecule has 2 heterocycles. The second kappa shape index (κ2) is 11.8. The van der Waals surface area contributed by atoms with Gasteiger partial charge in [-0.3, -0.25) is 14.5 Å². The lowest BCUT2D eigenvalue weighted by molar-refractivity contribution is -0.118. The molecule has 0 spiro atoms. The monoisotopic (exact) mass is 531 g/mol. The number of fused-ring (bicyclic) bond motifs is 1. The molecule has 0 bridgehead atoms. The number of ether oxygens (including phenoxy) is 1. The number of benzene rings is 2. The summed E-state index contributed by atoms with van der Waals surface area (Å²) < 4.78 is 5.97. The second-order valence-corrected chi connectivity index (χ2v) is 11.8. The van der Waals surface area contributed by atoms with Gasteiger partial charge < -0.3 is 10.1 Å². The SMILES string of the molecule is CCC(=O)Cc1nc(C)c(C(=O)N[C@@H](C)c2ccc(CN3CCc4cc(OCC5CC5)ccc4C3)cc2)s1. The van der Waals surface area contributed by atoms with E-state index in [-0.39, 0.29) is 17.7 Å². The fraction of sp³-hybridized carbons (Fsp3) is 0.452. The van der Waals surface area contributed by atoms with Crippen LogP contribution in [-0.2, 0) is 30.7 Å². The number of carbonyl (C=O) groups excluding carboxylic acids is 2. The maximum absolute atomic E-state index is 12.9. The number of rotatable bonds is 11. The summed E-state index contributed by atoms with van der Waals surface area (Å²) in [5.41, 5.74) is 5.81. The molecule has 200 valence electrons. The van der Waals surface area contributed by atoms with Crippen LogP contribution in [0.15, 0.2) is 42.5 Å². The number of thiazole rings is 1. The van der Waals surface area contributed by atoms with Crippen LogP contribution < -0.4 is 10.1 Å². The molecule has 1 atom stereocenters. The zero-order valence-electron chi connectivity index (χ0n) is 22.6. The summed E-state index contributed by atoms with van der Waals surface area (Å²) in [5.74, 6) is 1.78. The highest BCUT2D eigenvalue weighted by molar-refractivity contribution is 7.13. The number of aryl methyl sites for hydroxylation is 1. The number of nitrogens with zero attached hydrogens (tertiary/aromatic N) is 2. The summed E-state index contributed by atoms with van der Waals surface area (Å²) in [4.78, 5) is 32.2. The number of aromatic nitrogens is 1. The third-order valence-corrected chi connectivity index (χ3v) is 8.63. The molecule has 2 aromatic carbocycles. The number of nitrogens with one attached hydrogen (secondary N) is 1. The number of amides is 1. The van der Waals surface area contributed by atoms with Gasteiger partial charge in [-0.1, -0.05) is 37.3 Å². The van der Waals surface area contributed by atoms with E-state index in [0.717, 1.165) is 49.9 Å². The molecule has 1 saturated carbocycles. The lowest BCUT2D eigenvalue weighted by atomic mass is 9.98. The van der Waals surface area contributed by atoms with Gasteiger partial charge in [-0.2, -0.15) is 0 Å². The number of ketones is 1. The Kier molecular flexibility index (Phi) is 8.24. The molecule has 1 aromatic heterocycles. The van der Waals surface area contributed by atoms with Crippen molar-refractivity contribution >= 4 is 23.0 Å². The number of hydrogen-bond acceptors (Lipinski definition) is 6. The Morgan fingerprint density at radius 3 is 2.68 bits per heavy atom. The van der Waals surface area contributed by atoms with Crippen LogP contribution in [0, 0.1) is 12.8 Å². The standard InChI is InChI=1S/C31H37N3O3S/c1-4-27(35)16-29-32-21(3)30(38-29)31(36)33-20(2)24-9-7-22(8-10-24)17-34-14-13-25-15-28(12-11-26(25)18-34)37-19-23-5-6-23/h7-12,15,20,23H,4-6,13-14,16-19H2,1-3H3,(H,33,36)/t20-/m0/s1. The van der Waals surface area contributed by atoms with Crippen LogP contribution in [-0.4, -0.2) is 34.7 Å². The molecular weight excluding hydrogens is 494 g/mol. The van der Waals surface area contributed by atoms with E-state index < -0.39 is 0 Å². The topological polar surface area (TPSA) is 71.5 Å². The van der Waals surface area contributed by atoms with Crippen molar-refractivity contribution in [1.82, 2.24) is 15.2 Å². The van der Waals surface area contributed by atoms with Crippen LogP contribution in [0.3, 0.4) is 0 Å². The van der Waals surface area contributed by atoms with E-state index in [4.69, 9.17) is 4.74 Å². The maximum Gasteiger partial charge on any atom is 0.263 e. The van der Waals surface area contributed by atoms with E-state index >= 15 is 0 Å². The number of Topliss-reactive ketones (excluding diaryl/α,β-unsaturated/α-hetero) is 1.